The van der Waals surface area contributed by atoms with Crippen LogP contribution < -0.4 is 0 Å². The Labute approximate surface area is 140 Å². The zero-order valence-corrected chi connectivity index (χ0v) is 12.7. The standard InChI is InChI=1S/C16H12F2N4O3/c17-13-5-4-10(7-14(13)18)15(23)8-21-9-19-16(20-21)11-2-1-3-12(6-11)22(24)25/h1-7,9,15,23H,8H2. The van der Waals surface area contributed by atoms with Gasteiger partial charge in [-0.15, -0.1) is 0 Å². The van der Waals surface area contributed by atoms with E-state index >= 15 is 0 Å². The van der Waals surface area contributed by atoms with Crippen molar-refractivity contribution >= 4 is 5.69 Å². The molecule has 2 aromatic carbocycles. The Kier molecular flexibility index (Phi) is 4.48. The zero-order chi connectivity index (χ0) is 18.0. The third-order valence-electron chi connectivity index (χ3n) is 3.54. The number of nitrogens with zero attached hydrogens (tertiary/aromatic N) is 4. The SMILES string of the molecule is O=[N+]([O-])c1cccc(-c2ncn(CC(O)c3ccc(F)c(F)c3)n2)c1. The Morgan fingerprint density at radius 1 is 1.20 bits per heavy atom. The fourth-order valence-electron chi connectivity index (χ4n) is 2.28. The van der Waals surface area contributed by atoms with E-state index in [1.54, 1.807) is 6.07 Å². The van der Waals surface area contributed by atoms with E-state index in [2.05, 4.69) is 10.1 Å². The van der Waals surface area contributed by atoms with Crippen LogP contribution in [-0.4, -0.2) is 24.8 Å². The summed E-state index contributed by atoms with van der Waals surface area (Å²) in [4.78, 5) is 14.3. The Bertz CT molecular complexity index is 929. The lowest BCUT2D eigenvalue weighted by molar-refractivity contribution is -0.384. The van der Waals surface area contributed by atoms with Crippen LogP contribution in [0.1, 0.15) is 11.7 Å². The largest absolute Gasteiger partial charge is 0.386 e. The predicted molar refractivity (Wildman–Crippen MR) is 83.4 cm³/mol. The molecule has 1 heterocycles. The molecule has 0 bridgehead atoms. The first-order valence-corrected chi connectivity index (χ1v) is 7.21. The minimum Gasteiger partial charge on any atom is -0.386 e. The molecule has 0 aliphatic heterocycles. The average molecular weight is 346 g/mol. The van der Waals surface area contributed by atoms with E-state index in [1.165, 1.54) is 35.3 Å². The summed E-state index contributed by atoms with van der Waals surface area (Å²) in [6.07, 6.45) is 0.229. The Morgan fingerprint density at radius 3 is 2.72 bits per heavy atom. The minimum absolute atomic E-state index is 0.0347. The summed E-state index contributed by atoms with van der Waals surface area (Å²) in [5.74, 6) is -1.79. The van der Waals surface area contributed by atoms with Crippen molar-refractivity contribution in [2.75, 3.05) is 0 Å². The van der Waals surface area contributed by atoms with Gasteiger partial charge in [-0.3, -0.25) is 10.1 Å². The molecule has 0 spiro atoms. The van der Waals surface area contributed by atoms with E-state index in [0.717, 1.165) is 12.1 Å². The van der Waals surface area contributed by atoms with Crippen LogP contribution in [0.3, 0.4) is 0 Å². The first-order valence-electron chi connectivity index (χ1n) is 7.21. The number of non-ortho nitro benzene ring substituents is 1. The van der Waals surface area contributed by atoms with Crippen molar-refractivity contribution in [3.8, 4) is 11.4 Å². The predicted octanol–water partition coefficient (Wildman–Crippen LogP) is 2.87. The fraction of sp³-hybridized carbons (Fsp3) is 0.125. The van der Waals surface area contributed by atoms with Gasteiger partial charge in [0.05, 0.1) is 17.6 Å². The molecule has 7 nitrogen and oxygen atoms in total. The van der Waals surface area contributed by atoms with Gasteiger partial charge in [0.25, 0.3) is 5.69 Å². The van der Waals surface area contributed by atoms with Gasteiger partial charge in [0.15, 0.2) is 17.5 Å². The van der Waals surface area contributed by atoms with Gasteiger partial charge >= 0.3 is 0 Å². The molecule has 0 saturated carbocycles. The van der Waals surface area contributed by atoms with Crippen LogP contribution in [0, 0.1) is 21.7 Å². The highest BCUT2D eigenvalue weighted by Gasteiger charge is 2.14. The van der Waals surface area contributed by atoms with E-state index in [4.69, 9.17) is 0 Å². The monoisotopic (exact) mass is 346 g/mol. The van der Waals surface area contributed by atoms with Gasteiger partial charge in [0, 0.05) is 17.7 Å². The lowest BCUT2D eigenvalue weighted by Gasteiger charge is -2.10. The Hall–Kier alpha value is -3.20. The van der Waals surface area contributed by atoms with Gasteiger partial charge in [-0.1, -0.05) is 18.2 Å². The molecule has 3 rings (SSSR count). The van der Waals surface area contributed by atoms with Crippen molar-refractivity contribution in [1.82, 2.24) is 14.8 Å². The molecular formula is C16H12F2N4O3. The Balaban J connectivity index is 1.78. The molecule has 0 fully saturated rings. The molecule has 0 amide bonds. The number of hydrogen-bond donors (Lipinski definition) is 1. The number of nitro groups is 1. The van der Waals surface area contributed by atoms with Crippen molar-refractivity contribution in [3.63, 3.8) is 0 Å². The molecule has 0 aliphatic carbocycles. The molecule has 0 aliphatic rings. The second-order valence-electron chi connectivity index (χ2n) is 5.29. The third kappa shape index (κ3) is 3.66. The van der Waals surface area contributed by atoms with Crippen LogP contribution in [0.4, 0.5) is 14.5 Å². The summed E-state index contributed by atoms with van der Waals surface area (Å²) in [6, 6.07) is 8.96. The molecule has 1 unspecified atom stereocenters. The number of nitro benzene ring substituents is 1. The number of aliphatic hydroxyl groups excluding tert-OH is 1. The molecule has 25 heavy (non-hydrogen) atoms. The minimum atomic E-state index is -1.12. The van der Waals surface area contributed by atoms with Crippen LogP contribution in [0.2, 0.25) is 0 Å². The lowest BCUT2D eigenvalue weighted by atomic mass is 10.1. The summed E-state index contributed by atoms with van der Waals surface area (Å²) in [6.45, 7) is -0.0347. The van der Waals surface area contributed by atoms with Crippen LogP contribution in [-0.2, 0) is 6.54 Å². The van der Waals surface area contributed by atoms with Gasteiger partial charge in [0.1, 0.15) is 6.33 Å². The molecule has 1 aromatic heterocycles. The molecule has 9 heteroatoms. The fourth-order valence-corrected chi connectivity index (χ4v) is 2.28. The summed E-state index contributed by atoms with van der Waals surface area (Å²) < 4.78 is 27.5. The maximum atomic E-state index is 13.2. The van der Waals surface area contributed by atoms with Crippen LogP contribution in [0.5, 0.6) is 0 Å². The smallest absolute Gasteiger partial charge is 0.270 e. The third-order valence-corrected chi connectivity index (χ3v) is 3.54. The molecular weight excluding hydrogens is 334 g/mol. The van der Waals surface area contributed by atoms with Crippen molar-refractivity contribution in [3.05, 3.63) is 76.1 Å². The first kappa shape index (κ1) is 16.7. The van der Waals surface area contributed by atoms with Crippen LogP contribution >= 0.6 is 0 Å². The van der Waals surface area contributed by atoms with Gasteiger partial charge in [0.2, 0.25) is 0 Å². The van der Waals surface area contributed by atoms with E-state index in [1.807, 2.05) is 0 Å². The Morgan fingerprint density at radius 2 is 2.00 bits per heavy atom. The summed E-state index contributed by atoms with van der Waals surface area (Å²) in [7, 11) is 0. The summed E-state index contributed by atoms with van der Waals surface area (Å²) in [5, 5.41) is 25.1. The maximum Gasteiger partial charge on any atom is 0.270 e. The number of benzene rings is 2. The van der Waals surface area contributed by atoms with E-state index < -0.39 is 22.7 Å². The van der Waals surface area contributed by atoms with Crippen molar-refractivity contribution < 1.29 is 18.8 Å². The van der Waals surface area contributed by atoms with Crippen molar-refractivity contribution in [2.24, 2.45) is 0 Å². The molecule has 0 radical (unpaired) electrons. The molecule has 1 N–H and O–H groups in total. The topological polar surface area (TPSA) is 94.1 Å². The quantitative estimate of drug-likeness (QED) is 0.566. The molecule has 0 saturated heterocycles. The lowest BCUT2D eigenvalue weighted by Crippen LogP contribution is -2.09. The van der Waals surface area contributed by atoms with Crippen molar-refractivity contribution in [1.29, 1.82) is 0 Å². The van der Waals surface area contributed by atoms with Gasteiger partial charge in [-0.05, 0) is 17.7 Å². The van der Waals surface area contributed by atoms with E-state index in [0.29, 0.717) is 5.56 Å². The second-order valence-corrected chi connectivity index (χ2v) is 5.29. The maximum absolute atomic E-state index is 13.2. The normalized spacial score (nSPS) is 12.1. The highest BCUT2D eigenvalue weighted by Crippen LogP contribution is 2.22. The number of aliphatic hydroxyl groups is 1. The van der Waals surface area contributed by atoms with Crippen LogP contribution in [0.25, 0.3) is 11.4 Å². The summed E-state index contributed by atoms with van der Waals surface area (Å²) >= 11 is 0. The van der Waals surface area contributed by atoms with Crippen molar-refractivity contribution in [2.45, 2.75) is 12.6 Å². The van der Waals surface area contributed by atoms with Gasteiger partial charge in [-0.25, -0.2) is 18.4 Å². The highest BCUT2D eigenvalue weighted by atomic mass is 19.2. The van der Waals surface area contributed by atoms with Crippen LogP contribution in [0.15, 0.2) is 48.8 Å². The number of rotatable bonds is 5. The number of aromatic nitrogens is 3. The second kappa shape index (κ2) is 6.73. The molecule has 1 atom stereocenters. The number of hydrogen-bond acceptors (Lipinski definition) is 5. The summed E-state index contributed by atoms with van der Waals surface area (Å²) in [5.41, 5.74) is 0.567. The molecule has 128 valence electrons. The van der Waals surface area contributed by atoms with Gasteiger partial charge < -0.3 is 5.11 Å². The average Bonchev–Trinajstić information content (AvgIpc) is 3.06. The first-order chi connectivity index (χ1) is 11.9. The number of halogens is 2. The van der Waals surface area contributed by atoms with Gasteiger partial charge in [-0.2, -0.15) is 5.10 Å². The van der Waals surface area contributed by atoms with E-state index in [-0.39, 0.29) is 23.6 Å². The van der Waals surface area contributed by atoms with E-state index in [9.17, 15) is 24.0 Å². The zero-order valence-electron chi connectivity index (χ0n) is 12.7. The highest BCUT2D eigenvalue weighted by molar-refractivity contribution is 5.58. The molecule has 3 aromatic rings.